The second kappa shape index (κ2) is 5.03. The fraction of sp³-hybridized carbons (Fsp3) is 0.0667. The first kappa shape index (κ1) is 13.9. The summed E-state index contributed by atoms with van der Waals surface area (Å²) >= 11 is 0. The number of aryl methyl sites for hydroxylation is 1. The van der Waals surface area contributed by atoms with Crippen LogP contribution in [0.15, 0.2) is 39.2 Å². The van der Waals surface area contributed by atoms with Crippen molar-refractivity contribution in [2.75, 3.05) is 5.32 Å². The van der Waals surface area contributed by atoms with Crippen molar-refractivity contribution in [3.05, 3.63) is 53.4 Å². The number of rotatable bonds is 3. The number of hydrogen-bond acceptors (Lipinski definition) is 4. The number of fused-ring (bicyclic) bond motifs is 1. The lowest BCUT2D eigenvalue weighted by molar-refractivity contribution is 0.0977. The van der Waals surface area contributed by atoms with E-state index in [2.05, 4.69) is 5.32 Å². The van der Waals surface area contributed by atoms with Gasteiger partial charge in [0.15, 0.2) is 5.76 Å². The minimum atomic E-state index is -0.873. The van der Waals surface area contributed by atoms with Crippen molar-refractivity contribution >= 4 is 28.5 Å². The minimum absolute atomic E-state index is 0.0149. The molecule has 0 aliphatic rings. The highest BCUT2D eigenvalue weighted by Gasteiger charge is 2.22. The van der Waals surface area contributed by atoms with Crippen LogP contribution >= 0.6 is 0 Å². The Morgan fingerprint density at radius 3 is 2.59 bits per heavy atom. The summed E-state index contributed by atoms with van der Waals surface area (Å²) in [6, 6.07) is 6.78. The van der Waals surface area contributed by atoms with Gasteiger partial charge in [-0.05, 0) is 37.3 Å². The molecule has 0 atom stereocenters. The highest BCUT2D eigenvalue weighted by molar-refractivity contribution is 6.13. The third kappa shape index (κ3) is 2.32. The van der Waals surface area contributed by atoms with E-state index in [9.17, 15) is 14.0 Å². The molecule has 3 rings (SSSR count). The SMILES string of the molecule is Cc1ccc(C(=O)Nc2c(C(N)=O)oc3ccc(F)cc23)o1. The number of halogens is 1. The van der Waals surface area contributed by atoms with Crippen LogP contribution in [-0.4, -0.2) is 11.8 Å². The first-order chi connectivity index (χ1) is 10.5. The standard InChI is InChI=1S/C15H11FN2O4/c1-7-2-4-11(21-7)15(20)18-12-9-6-8(16)3-5-10(9)22-13(12)14(17)19/h2-6H,1H3,(H2,17,19)(H,18,20). The molecule has 0 saturated heterocycles. The maximum absolute atomic E-state index is 13.4. The first-order valence-electron chi connectivity index (χ1n) is 6.35. The van der Waals surface area contributed by atoms with E-state index in [1.165, 1.54) is 18.2 Å². The molecule has 0 saturated carbocycles. The molecule has 1 aromatic carbocycles. The molecule has 3 aromatic rings. The third-order valence-electron chi connectivity index (χ3n) is 3.08. The van der Waals surface area contributed by atoms with Gasteiger partial charge in [-0.15, -0.1) is 0 Å². The summed E-state index contributed by atoms with van der Waals surface area (Å²) in [6.45, 7) is 1.69. The van der Waals surface area contributed by atoms with E-state index in [0.29, 0.717) is 5.76 Å². The molecule has 2 amide bonds. The van der Waals surface area contributed by atoms with Gasteiger partial charge in [0.05, 0.1) is 0 Å². The lowest BCUT2D eigenvalue weighted by Gasteiger charge is -2.02. The fourth-order valence-corrected chi connectivity index (χ4v) is 2.10. The Hall–Kier alpha value is -3.09. The van der Waals surface area contributed by atoms with E-state index in [0.717, 1.165) is 6.07 Å². The Labute approximate surface area is 123 Å². The van der Waals surface area contributed by atoms with Crippen LogP contribution in [0.25, 0.3) is 11.0 Å². The van der Waals surface area contributed by atoms with Crippen LogP contribution in [0.4, 0.5) is 10.1 Å². The fourth-order valence-electron chi connectivity index (χ4n) is 2.10. The lowest BCUT2D eigenvalue weighted by Crippen LogP contribution is -2.16. The largest absolute Gasteiger partial charge is 0.456 e. The summed E-state index contributed by atoms with van der Waals surface area (Å²) < 4.78 is 23.9. The van der Waals surface area contributed by atoms with Crippen LogP contribution < -0.4 is 11.1 Å². The number of benzene rings is 1. The van der Waals surface area contributed by atoms with Gasteiger partial charge in [0.2, 0.25) is 5.76 Å². The van der Waals surface area contributed by atoms with Gasteiger partial charge in [0, 0.05) is 5.39 Å². The van der Waals surface area contributed by atoms with Crippen molar-refractivity contribution in [3.8, 4) is 0 Å². The molecular formula is C15H11FN2O4. The molecule has 0 unspecified atom stereocenters. The van der Waals surface area contributed by atoms with Crippen molar-refractivity contribution in [1.82, 2.24) is 0 Å². The van der Waals surface area contributed by atoms with Gasteiger partial charge in [-0.2, -0.15) is 0 Å². The van der Waals surface area contributed by atoms with E-state index in [1.54, 1.807) is 13.0 Å². The summed E-state index contributed by atoms with van der Waals surface area (Å²) in [4.78, 5) is 23.6. The van der Waals surface area contributed by atoms with Crippen molar-refractivity contribution in [3.63, 3.8) is 0 Å². The highest BCUT2D eigenvalue weighted by atomic mass is 19.1. The molecule has 2 heterocycles. The molecule has 0 spiro atoms. The second-order valence-corrected chi connectivity index (χ2v) is 4.68. The van der Waals surface area contributed by atoms with Crippen molar-refractivity contribution in [2.45, 2.75) is 6.92 Å². The average molecular weight is 302 g/mol. The zero-order chi connectivity index (χ0) is 15.9. The van der Waals surface area contributed by atoms with Gasteiger partial charge < -0.3 is 19.9 Å². The second-order valence-electron chi connectivity index (χ2n) is 4.68. The number of nitrogens with one attached hydrogen (secondary N) is 1. The van der Waals surface area contributed by atoms with Crippen LogP contribution in [0.2, 0.25) is 0 Å². The predicted molar refractivity (Wildman–Crippen MR) is 76.1 cm³/mol. The Morgan fingerprint density at radius 1 is 1.18 bits per heavy atom. The molecule has 0 fully saturated rings. The molecule has 112 valence electrons. The van der Waals surface area contributed by atoms with Crippen LogP contribution in [0, 0.1) is 12.7 Å². The van der Waals surface area contributed by atoms with Crippen molar-refractivity contribution in [1.29, 1.82) is 0 Å². The van der Waals surface area contributed by atoms with Gasteiger partial charge in [0.25, 0.3) is 11.8 Å². The molecule has 22 heavy (non-hydrogen) atoms. The molecular weight excluding hydrogens is 291 g/mol. The van der Waals surface area contributed by atoms with Crippen LogP contribution in [0.3, 0.4) is 0 Å². The smallest absolute Gasteiger partial charge is 0.291 e. The number of carbonyl (C=O) groups is 2. The number of furan rings is 2. The quantitative estimate of drug-likeness (QED) is 0.777. The Morgan fingerprint density at radius 2 is 1.95 bits per heavy atom. The number of carbonyl (C=O) groups excluding carboxylic acids is 2. The van der Waals surface area contributed by atoms with Crippen molar-refractivity contribution in [2.24, 2.45) is 5.73 Å². The predicted octanol–water partition coefficient (Wildman–Crippen LogP) is 2.82. The third-order valence-corrected chi connectivity index (χ3v) is 3.08. The van der Waals surface area contributed by atoms with Gasteiger partial charge in [0.1, 0.15) is 22.8 Å². The average Bonchev–Trinajstić information content (AvgIpc) is 3.03. The van der Waals surface area contributed by atoms with Crippen LogP contribution in [0.1, 0.15) is 26.9 Å². The maximum atomic E-state index is 13.4. The Kier molecular flexibility index (Phi) is 3.17. The molecule has 2 aromatic heterocycles. The summed E-state index contributed by atoms with van der Waals surface area (Å²) in [7, 11) is 0. The van der Waals surface area contributed by atoms with E-state index < -0.39 is 17.6 Å². The zero-order valence-electron chi connectivity index (χ0n) is 11.5. The van der Waals surface area contributed by atoms with E-state index in [-0.39, 0.29) is 28.2 Å². The highest BCUT2D eigenvalue weighted by Crippen LogP contribution is 2.31. The van der Waals surface area contributed by atoms with E-state index >= 15 is 0 Å². The molecule has 0 aliphatic carbocycles. The van der Waals surface area contributed by atoms with Gasteiger partial charge in [-0.25, -0.2) is 4.39 Å². The van der Waals surface area contributed by atoms with Gasteiger partial charge >= 0.3 is 0 Å². The Balaban J connectivity index is 2.08. The normalized spacial score (nSPS) is 10.8. The maximum Gasteiger partial charge on any atom is 0.291 e. The zero-order valence-corrected chi connectivity index (χ0v) is 11.5. The van der Waals surface area contributed by atoms with Gasteiger partial charge in [-0.1, -0.05) is 0 Å². The number of anilines is 1. The number of amides is 2. The minimum Gasteiger partial charge on any atom is -0.456 e. The first-order valence-corrected chi connectivity index (χ1v) is 6.35. The summed E-state index contributed by atoms with van der Waals surface area (Å²) in [6.07, 6.45) is 0. The number of nitrogens with two attached hydrogens (primary N) is 1. The van der Waals surface area contributed by atoms with Crippen LogP contribution in [-0.2, 0) is 0 Å². The van der Waals surface area contributed by atoms with Gasteiger partial charge in [-0.3, -0.25) is 9.59 Å². The summed E-state index contributed by atoms with van der Waals surface area (Å²) in [5, 5.41) is 2.72. The van der Waals surface area contributed by atoms with Crippen molar-refractivity contribution < 1.29 is 22.8 Å². The topological polar surface area (TPSA) is 98.5 Å². The molecule has 3 N–H and O–H groups in total. The van der Waals surface area contributed by atoms with Crippen LogP contribution in [0.5, 0.6) is 0 Å². The summed E-state index contributed by atoms with van der Waals surface area (Å²) in [5.74, 6) is -1.64. The lowest BCUT2D eigenvalue weighted by atomic mass is 10.2. The number of hydrogen-bond donors (Lipinski definition) is 2. The molecule has 0 bridgehead atoms. The Bertz CT molecular complexity index is 894. The van der Waals surface area contributed by atoms with E-state index in [1.807, 2.05) is 0 Å². The monoisotopic (exact) mass is 302 g/mol. The molecule has 0 aliphatic heterocycles. The van der Waals surface area contributed by atoms with E-state index in [4.69, 9.17) is 14.6 Å². The summed E-state index contributed by atoms with van der Waals surface area (Å²) in [5.41, 5.74) is 5.49. The molecule has 7 heteroatoms. The molecule has 0 radical (unpaired) electrons. The molecule has 6 nitrogen and oxygen atoms in total. The number of primary amides is 1.